The highest BCUT2D eigenvalue weighted by Gasteiger charge is 2.05. The van der Waals surface area contributed by atoms with E-state index in [1.807, 2.05) is 10.6 Å². The summed E-state index contributed by atoms with van der Waals surface area (Å²) < 4.78 is 1.83. The van der Waals surface area contributed by atoms with E-state index in [0.717, 1.165) is 0 Å². The smallest absolute Gasteiger partial charge is 0.165 e. The lowest BCUT2D eigenvalue weighted by Gasteiger charge is -1.98. The van der Waals surface area contributed by atoms with Gasteiger partial charge in [0.1, 0.15) is 11.8 Å². The van der Waals surface area contributed by atoms with Crippen LogP contribution >= 0.6 is 0 Å². The van der Waals surface area contributed by atoms with E-state index in [-0.39, 0.29) is 6.61 Å². The lowest BCUT2D eigenvalue weighted by atomic mass is 10.4. The Balaban J connectivity index is 2.37. The number of rotatable bonds is 3. The SMILES string of the molecule is Nc1ncnc2c1ncn2CC=CCO. The third-order valence-electron chi connectivity index (χ3n) is 2.00. The molecule has 3 N–H and O–H groups in total. The fraction of sp³-hybridized carbons (Fsp3) is 0.222. The number of aliphatic hydroxyl groups excluding tert-OH is 1. The van der Waals surface area contributed by atoms with E-state index < -0.39 is 0 Å². The van der Waals surface area contributed by atoms with Crippen molar-refractivity contribution in [3.8, 4) is 0 Å². The first-order valence-corrected chi connectivity index (χ1v) is 4.50. The summed E-state index contributed by atoms with van der Waals surface area (Å²) >= 11 is 0. The van der Waals surface area contributed by atoms with Gasteiger partial charge in [0, 0.05) is 6.54 Å². The molecule has 0 unspecified atom stereocenters. The van der Waals surface area contributed by atoms with E-state index in [1.54, 1.807) is 12.4 Å². The zero-order valence-corrected chi connectivity index (χ0v) is 8.04. The molecule has 6 nitrogen and oxygen atoms in total. The molecule has 78 valence electrons. The van der Waals surface area contributed by atoms with Crippen molar-refractivity contribution in [3.05, 3.63) is 24.8 Å². The largest absolute Gasteiger partial charge is 0.392 e. The number of nitrogens with two attached hydrogens (primary N) is 1. The molecule has 2 aromatic rings. The van der Waals surface area contributed by atoms with Gasteiger partial charge in [0.2, 0.25) is 0 Å². The molecular formula is C9H11N5O. The standard InChI is InChI=1S/C9H11N5O/c10-8-7-9(12-5-11-8)14(6-13-7)3-1-2-4-15/h1-2,5-6,15H,3-4H2,(H2,10,11,12). The van der Waals surface area contributed by atoms with Crippen LogP contribution in [-0.2, 0) is 6.54 Å². The fourth-order valence-corrected chi connectivity index (χ4v) is 1.30. The van der Waals surface area contributed by atoms with E-state index in [0.29, 0.717) is 23.5 Å². The van der Waals surface area contributed by atoms with Crippen LogP contribution in [0.1, 0.15) is 0 Å². The predicted molar refractivity (Wildman–Crippen MR) is 56.0 cm³/mol. The molecule has 0 spiro atoms. The Kier molecular flexibility index (Phi) is 2.59. The van der Waals surface area contributed by atoms with Crippen molar-refractivity contribution in [1.82, 2.24) is 19.5 Å². The summed E-state index contributed by atoms with van der Waals surface area (Å²) in [6, 6.07) is 0. The predicted octanol–water partition coefficient (Wildman–Crippen LogP) is -0.0430. The summed E-state index contributed by atoms with van der Waals surface area (Å²) in [7, 11) is 0. The molecule has 0 aliphatic carbocycles. The van der Waals surface area contributed by atoms with E-state index >= 15 is 0 Å². The molecular weight excluding hydrogens is 194 g/mol. The van der Waals surface area contributed by atoms with Crippen molar-refractivity contribution in [3.63, 3.8) is 0 Å². The maximum Gasteiger partial charge on any atom is 0.165 e. The average Bonchev–Trinajstić information content (AvgIpc) is 2.64. The molecule has 0 aliphatic heterocycles. The van der Waals surface area contributed by atoms with Crippen molar-refractivity contribution >= 4 is 17.0 Å². The van der Waals surface area contributed by atoms with Gasteiger partial charge in [-0.3, -0.25) is 0 Å². The van der Waals surface area contributed by atoms with E-state index in [9.17, 15) is 0 Å². The number of nitrogen functional groups attached to an aromatic ring is 1. The molecule has 2 heterocycles. The third kappa shape index (κ3) is 1.79. The maximum absolute atomic E-state index is 8.59. The van der Waals surface area contributed by atoms with Gasteiger partial charge in [-0.1, -0.05) is 12.2 Å². The van der Waals surface area contributed by atoms with Gasteiger partial charge in [-0.15, -0.1) is 0 Å². The average molecular weight is 205 g/mol. The van der Waals surface area contributed by atoms with Crippen LogP contribution in [0.5, 0.6) is 0 Å². The lowest BCUT2D eigenvalue weighted by molar-refractivity contribution is 0.342. The molecule has 15 heavy (non-hydrogen) atoms. The van der Waals surface area contributed by atoms with Gasteiger partial charge in [-0.05, 0) is 0 Å². The van der Waals surface area contributed by atoms with Gasteiger partial charge < -0.3 is 15.4 Å². The van der Waals surface area contributed by atoms with Gasteiger partial charge >= 0.3 is 0 Å². The molecule has 2 rings (SSSR count). The Bertz CT molecular complexity index is 490. The summed E-state index contributed by atoms with van der Waals surface area (Å²) in [5, 5.41) is 8.59. The number of allylic oxidation sites excluding steroid dienone is 1. The molecule has 0 aliphatic rings. The van der Waals surface area contributed by atoms with Crippen LogP contribution in [0.25, 0.3) is 11.2 Å². The van der Waals surface area contributed by atoms with E-state index in [4.69, 9.17) is 10.8 Å². The molecule has 0 radical (unpaired) electrons. The van der Waals surface area contributed by atoms with Gasteiger partial charge in [0.15, 0.2) is 11.5 Å². The fourth-order valence-electron chi connectivity index (χ4n) is 1.30. The zero-order valence-electron chi connectivity index (χ0n) is 8.04. The van der Waals surface area contributed by atoms with Gasteiger partial charge in [-0.25, -0.2) is 15.0 Å². The molecule has 0 amide bonds. The summed E-state index contributed by atoms with van der Waals surface area (Å²) in [5.41, 5.74) is 6.94. The second kappa shape index (κ2) is 4.05. The molecule has 0 aromatic carbocycles. The Morgan fingerprint density at radius 2 is 2.20 bits per heavy atom. The third-order valence-corrected chi connectivity index (χ3v) is 2.00. The van der Waals surface area contributed by atoms with Crippen LogP contribution in [0.4, 0.5) is 5.82 Å². The van der Waals surface area contributed by atoms with E-state index in [1.165, 1.54) is 6.33 Å². The second-order valence-electron chi connectivity index (χ2n) is 2.98. The van der Waals surface area contributed by atoms with Crippen LogP contribution in [0.3, 0.4) is 0 Å². The topological polar surface area (TPSA) is 89.9 Å². The van der Waals surface area contributed by atoms with Crippen LogP contribution in [-0.4, -0.2) is 31.2 Å². The highest BCUT2D eigenvalue weighted by atomic mass is 16.2. The minimum Gasteiger partial charge on any atom is -0.392 e. The monoisotopic (exact) mass is 205 g/mol. The zero-order chi connectivity index (χ0) is 10.7. The Hall–Kier alpha value is -1.95. The summed E-state index contributed by atoms with van der Waals surface area (Å²) in [5.74, 6) is 0.380. The van der Waals surface area contributed by atoms with Crippen molar-refractivity contribution in [2.75, 3.05) is 12.3 Å². The summed E-state index contributed by atoms with van der Waals surface area (Å²) in [6.45, 7) is 0.636. The first kappa shape index (κ1) is 9.60. The molecule has 0 fully saturated rings. The number of aromatic nitrogens is 4. The molecule has 2 aromatic heterocycles. The second-order valence-corrected chi connectivity index (χ2v) is 2.98. The highest BCUT2D eigenvalue weighted by molar-refractivity contribution is 5.81. The number of aliphatic hydroxyl groups is 1. The van der Waals surface area contributed by atoms with Crippen LogP contribution < -0.4 is 5.73 Å². The summed E-state index contributed by atoms with van der Waals surface area (Å²) in [4.78, 5) is 12.1. The minimum absolute atomic E-state index is 0.0315. The molecule has 0 saturated heterocycles. The molecule has 0 saturated carbocycles. The van der Waals surface area contributed by atoms with Crippen molar-refractivity contribution < 1.29 is 5.11 Å². The van der Waals surface area contributed by atoms with Crippen LogP contribution in [0.2, 0.25) is 0 Å². The minimum atomic E-state index is 0.0315. The van der Waals surface area contributed by atoms with Gasteiger partial charge in [0.05, 0.1) is 12.9 Å². The lowest BCUT2D eigenvalue weighted by Crippen LogP contribution is -1.97. The van der Waals surface area contributed by atoms with Crippen molar-refractivity contribution in [2.45, 2.75) is 6.54 Å². The normalized spacial score (nSPS) is 11.5. The number of imidazole rings is 1. The van der Waals surface area contributed by atoms with Crippen LogP contribution in [0, 0.1) is 0 Å². The number of hydrogen-bond donors (Lipinski definition) is 2. The molecule has 6 heteroatoms. The quantitative estimate of drug-likeness (QED) is 0.686. The number of hydrogen-bond acceptors (Lipinski definition) is 5. The Morgan fingerprint density at radius 1 is 1.33 bits per heavy atom. The Labute approximate surface area is 86.1 Å². The number of nitrogens with zero attached hydrogens (tertiary/aromatic N) is 4. The summed E-state index contributed by atoms with van der Waals surface area (Å²) in [6.07, 6.45) is 6.55. The van der Waals surface area contributed by atoms with Crippen molar-refractivity contribution in [1.29, 1.82) is 0 Å². The highest BCUT2D eigenvalue weighted by Crippen LogP contribution is 2.13. The maximum atomic E-state index is 8.59. The van der Waals surface area contributed by atoms with E-state index in [2.05, 4.69) is 15.0 Å². The number of fused-ring (bicyclic) bond motifs is 1. The van der Waals surface area contributed by atoms with Crippen LogP contribution in [0.15, 0.2) is 24.8 Å². The number of anilines is 1. The van der Waals surface area contributed by atoms with Crippen molar-refractivity contribution in [2.24, 2.45) is 0 Å². The first-order chi connectivity index (χ1) is 7.33. The van der Waals surface area contributed by atoms with Gasteiger partial charge in [0.25, 0.3) is 0 Å². The molecule has 0 atom stereocenters. The Morgan fingerprint density at radius 3 is 3.00 bits per heavy atom. The molecule has 0 bridgehead atoms. The van der Waals surface area contributed by atoms with Gasteiger partial charge in [-0.2, -0.15) is 0 Å². The first-order valence-electron chi connectivity index (χ1n) is 4.50.